The van der Waals surface area contributed by atoms with Gasteiger partial charge in [0.2, 0.25) is 15.9 Å². The second-order valence-corrected chi connectivity index (χ2v) is 8.94. The van der Waals surface area contributed by atoms with Crippen LogP contribution in [0, 0.1) is 5.92 Å². The van der Waals surface area contributed by atoms with Crippen LogP contribution < -0.4 is 20.5 Å². The third-order valence-corrected chi connectivity index (χ3v) is 5.56. The van der Waals surface area contributed by atoms with Crippen molar-refractivity contribution >= 4 is 21.8 Å². The van der Waals surface area contributed by atoms with Crippen molar-refractivity contribution in [3.05, 3.63) is 59.7 Å². The van der Waals surface area contributed by atoms with Gasteiger partial charge in [-0.15, -0.1) is 0 Å². The molecule has 1 atom stereocenters. The molecular formula is C22H29N3O5S. The van der Waals surface area contributed by atoms with Crippen molar-refractivity contribution in [3.8, 4) is 5.75 Å². The average molecular weight is 448 g/mol. The average Bonchev–Trinajstić information content (AvgIpc) is 2.72. The Morgan fingerprint density at radius 1 is 1.03 bits per heavy atom. The number of ether oxygens (including phenoxy) is 1. The van der Waals surface area contributed by atoms with Crippen LogP contribution >= 0.6 is 0 Å². The molecule has 0 aliphatic carbocycles. The van der Waals surface area contributed by atoms with E-state index in [9.17, 15) is 18.0 Å². The summed E-state index contributed by atoms with van der Waals surface area (Å²) in [6, 6.07) is 12.2. The van der Waals surface area contributed by atoms with E-state index in [0.717, 1.165) is 5.56 Å². The first-order valence-corrected chi connectivity index (χ1v) is 11.6. The van der Waals surface area contributed by atoms with Crippen LogP contribution in [0.15, 0.2) is 53.4 Å². The van der Waals surface area contributed by atoms with E-state index in [-0.39, 0.29) is 22.6 Å². The van der Waals surface area contributed by atoms with Crippen LogP contribution in [0.1, 0.15) is 36.7 Å². The number of hydrogen-bond acceptors (Lipinski definition) is 5. The minimum Gasteiger partial charge on any atom is -0.494 e. The Morgan fingerprint density at radius 3 is 2.16 bits per heavy atom. The Bertz CT molecular complexity index is 987. The van der Waals surface area contributed by atoms with Crippen molar-refractivity contribution in [1.82, 2.24) is 10.6 Å². The molecule has 0 aromatic heterocycles. The number of benzene rings is 2. The zero-order valence-electron chi connectivity index (χ0n) is 17.9. The predicted octanol–water partition coefficient (Wildman–Crippen LogP) is 1.85. The van der Waals surface area contributed by atoms with Crippen LogP contribution in [0.25, 0.3) is 0 Å². The van der Waals surface area contributed by atoms with Gasteiger partial charge in [0.05, 0.1) is 11.5 Å². The van der Waals surface area contributed by atoms with E-state index in [1.807, 2.05) is 20.8 Å². The van der Waals surface area contributed by atoms with Crippen molar-refractivity contribution < 1.29 is 22.7 Å². The monoisotopic (exact) mass is 447 g/mol. The quantitative estimate of drug-likeness (QED) is 0.512. The molecule has 0 bridgehead atoms. The summed E-state index contributed by atoms with van der Waals surface area (Å²) in [5.41, 5.74) is 1.30. The van der Waals surface area contributed by atoms with E-state index in [4.69, 9.17) is 9.88 Å². The van der Waals surface area contributed by atoms with Gasteiger partial charge in [-0.1, -0.05) is 26.0 Å². The SMILES string of the molecule is CCOc1ccc(C(=O)N[C@H](C(=O)NCCc2ccc(S(N)(=O)=O)cc2)C(C)C)cc1. The lowest BCUT2D eigenvalue weighted by molar-refractivity contribution is -0.123. The molecule has 168 valence electrons. The van der Waals surface area contributed by atoms with Crippen molar-refractivity contribution in [1.29, 1.82) is 0 Å². The summed E-state index contributed by atoms with van der Waals surface area (Å²) in [6.07, 6.45) is 0.508. The van der Waals surface area contributed by atoms with Gasteiger partial charge in [-0.25, -0.2) is 13.6 Å². The lowest BCUT2D eigenvalue weighted by Crippen LogP contribution is -2.50. The number of rotatable bonds is 10. The highest BCUT2D eigenvalue weighted by molar-refractivity contribution is 7.89. The highest BCUT2D eigenvalue weighted by atomic mass is 32.2. The number of carbonyl (C=O) groups is 2. The standard InChI is InChI=1S/C22H29N3O5S/c1-4-30-18-9-7-17(8-10-18)21(26)25-20(15(2)3)22(27)24-14-13-16-5-11-19(12-6-16)31(23,28)29/h5-12,15,20H,4,13-14H2,1-3H3,(H,24,27)(H,25,26)(H2,23,28,29)/t20-/m0/s1. The minimum atomic E-state index is -3.73. The Labute approximate surface area is 183 Å². The smallest absolute Gasteiger partial charge is 0.251 e. The predicted molar refractivity (Wildman–Crippen MR) is 118 cm³/mol. The fraction of sp³-hybridized carbons (Fsp3) is 0.364. The Morgan fingerprint density at radius 2 is 1.65 bits per heavy atom. The van der Waals surface area contributed by atoms with E-state index < -0.39 is 16.1 Å². The van der Waals surface area contributed by atoms with Gasteiger partial charge in [0.15, 0.2) is 0 Å². The highest BCUT2D eigenvalue weighted by Crippen LogP contribution is 2.13. The van der Waals surface area contributed by atoms with Crippen LogP contribution in [0.2, 0.25) is 0 Å². The highest BCUT2D eigenvalue weighted by Gasteiger charge is 2.24. The maximum atomic E-state index is 12.6. The minimum absolute atomic E-state index is 0.0390. The van der Waals surface area contributed by atoms with Gasteiger partial charge in [-0.05, 0) is 61.2 Å². The maximum Gasteiger partial charge on any atom is 0.251 e. The fourth-order valence-corrected chi connectivity index (χ4v) is 3.43. The molecule has 0 spiro atoms. The molecule has 0 radical (unpaired) electrons. The lowest BCUT2D eigenvalue weighted by atomic mass is 10.0. The third kappa shape index (κ3) is 7.37. The third-order valence-electron chi connectivity index (χ3n) is 4.63. The van der Waals surface area contributed by atoms with Crippen LogP contribution in [0.3, 0.4) is 0 Å². The van der Waals surface area contributed by atoms with Crippen molar-refractivity contribution in [2.24, 2.45) is 11.1 Å². The van der Waals surface area contributed by atoms with Gasteiger partial charge in [0, 0.05) is 12.1 Å². The number of nitrogens with two attached hydrogens (primary N) is 1. The molecule has 2 rings (SSSR count). The van der Waals surface area contributed by atoms with Crippen LogP contribution in [-0.4, -0.2) is 39.4 Å². The van der Waals surface area contributed by atoms with Crippen molar-refractivity contribution in [2.75, 3.05) is 13.2 Å². The van der Waals surface area contributed by atoms with Gasteiger partial charge in [-0.2, -0.15) is 0 Å². The summed E-state index contributed by atoms with van der Waals surface area (Å²) in [5.74, 6) is -0.0547. The summed E-state index contributed by atoms with van der Waals surface area (Å²) in [6.45, 7) is 6.47. The zero-order valence-corrected chi connectivity index (χ0v) is 18.7. The molecular weight excluding hydrogens is 418 g/mol. The van der Waals surface area contributed by atoms with Gasteiger partial charge in [-0.3, -0.25) is 9.59 Å². The van der Waals surface area contributed by atoms with E-state index in [0.29, 0.717) is 30.9 Å². The molecule has 0 aliphatic heterocycles. The molecule has 0 heterocycles. The second-order valence-electron chi connectivity index (χ2n) is 7.38. The molecule has 2 amide bonds. The van der Waals surface area contributed by atoms with Crippen LogP contribution in [-0.2, 0) is 21.2 Å². The van der Waals surface area contributed by atoms with Gasteiger partial charge >= 0.3 is 0 Å². The summed E-state index contributed by atoms with van der Waals surface area (Å²) >= 11 is 0. The number of sulfonamides is 1. The molecule has 9 heteroatoms. The van der Waals surface area contributed by atoms with Crippen molar-refractivity contribution in [2.45, 2.75) is 38.1 Å². The summed E-state index contributed by atoms with van der Waals surface area (Å²) < 4.78 is 28.0. The summed E-state index contributed by atoms with van der Waals surface area (Å²) in [4.78, 5) is 25.2. The van der Waals surface area contributed by atoms with Gasteiger partial charge in [0.1, 0.15) is 11.8 Å². The largest absolute Gasteiger partial charge is 0.494 e. The first-order chi connectivity index (χ1) is 14.6. The van der Waals surface area contributed by atoms with Crippen LogP contribution in [0.4, 0.5) is 0 Å². The second kappa shape index (κ2) is 10.9. The molecule has 2 aromatic carbocycles. The van der Waals surface area contributed by atoms with E-state index in [2.05, 4.69) is 10.6 Å². The van der Waals surface area contributed by atoms with Gasteiger partial charge in [0.25, 0.3) is 5.91 Å². The Hall–Kier alpha value is -2.91. The van der Waals surface area contributed by atoms with Crippen molar-refractivity contribution in [3.63, 3.8) is 0 Å². The molecule has 4 N–H and O–H groups in total. The summed E-state index contributed by atoms with van der Waals surface area (Å²) in [5, 5.41) is 10.7. The molecule has 0 fully saturated rings. The number of primary sulfonamides is 1. The summed E-state index contributed by atoms with van der Waals surface area (Å²) in [7, 11) is -3.73. The lowest BCUT2D eigenvalue weighted by Gasteiger charge is -2.22. The zero-order chi connectivity index (χ0) is 23.0. The van der Waals surface area contributed by atoms with E-state index >= 15 is 0 Å². The number of nitrogens with one attached hydrogen (secondary N) is 2. The normalized spacial score (nSPS) is 12.3. The van der Waals surface area contributed by atoms with E-state index in [1.54, 1.807) is 36.4 Å². The maximum absolute atomic E-state index is 12.6. The Balaban J connectivity index is 1.92. The van der Waals surface area contributed by atoms with E-state index in [1.165, 1.54) is 12.1 Å². The number of amides is 2. The molecule has 0 unspecified atom stereocenters. The first-order valence-electron chi connectivity index (χ1n) is 10.0. The molecule has 0 saturated carbocycles. The fourth-order valence-electron chi connectivity index (χ4n) is 2.91. The number of hydrogen-bond donors (Lipinski definition) is 3. The molecule has 0 aliphatic rings. The molecule has 0 saturated heterocycles. The molecule has 8 nitrogen and oxygen atoms in total. The first kappa shape index (κ1) is 24.4. The topological polar surface area (TPSA) is 128 Å². The molecule has 2 aromatic rings. The molecule has 31 heavy (non-hydrogen) atoms. The van der Waals surface area contributed by atoms with Crippen LogP contribution in [0.5, 0.6) is 5.75 Å². The Kier molecular flexibility index (Phi) is 8.58. The van der Waals surface area contributed by atoms with Gasteiger partial charge < -0.3 is 15.4 Å². The number of carbonyl (C=O) groups excluding carboxylic acids is 2.